The Morgan fingerprint density at radius 3 is 2.30 bits per heavy atom. The maximum absolute atomic E-state index is 13.0. The monoisotopic (exact) mass is 676 g/mol. The Bertz CT molecular complexity index is 1330. The molecule has 0 bridgehead atoms. The van der Waals surface area contributed by atoms with Gasteiger partial charge in [-0.1, -0.05) is 26.0 Å². The first kappa shape index (κ1) is 35.6. The van der Waals surface area contributed by atoms with Crippen molar-refractivity contribution in [3.8, 4) is 5.75 Å². The normalized spacial score (nSPS) is 34.9. The zero-order chi connectivity index (χ0) is 33.5. The fraction of sp³-hybridized carbons (Fsp3) is 0.800. The summed E-state index contributed by atoms with van der Waals surface area (Å²) in [5, 5.41) is 11.1. The van der Waals surface area contributed by atoms with Gasteiger partial charge in [0.1, 0.15) is 21.4 Å². The molecule has 5 nitrogen and oxygen atoms in total. The SMILES string of the molecule is C[C@]12CCC(=O)C[C@@H]1CC[C@@H]1[C@@H]2[C@@H](c2ccc(OCCCCCS(=O)(=O)CCCC(F)(F)C(F)(F)F)cc2)C[C@]2(C)[C@@H](O)CC[C@@H]12. The molecule has 260 valence electrons. The summed E-state index contributed by atoms with van der Waals surface area (Å²) in [7, 11) is -3.71. The molecule has 4 aliphatic carbocycles. The highest BCUT2D eigenvalue weighted by Gasteiger charge is 2.63. The van der Waals surface area contributed by atoms with Gasteiger partial charge in [-0.3, -0.25) is 4.79 Å². The molecule has 0 aromatic heterocycles. The molecule has 5 rings (SSSR count). The minimum absolute atomic E-state index is 0.104. The molecule has 0 unspecified atom stereocenters. The van der Waals surface area contributed by atoms with Crippen LogP contribution in [0.15, 0.2) is 24.3 Å². The fourth-order valence-corrected chi connectivity index (χ4v) is 11.3. The van der Waals surface area contributed by atoms with Crippen molar-refractivity contribution in [2.75, 3.05) is 18.1 Å². The number of unbranched alkanes of at least 4 members (excludes halogenated alkanes) is 2. The summed E-state index contributed by atoms with van der Waals surface area (Å²) >= 11 is 0. The number of rotatable bonds is 12. The first-order chi connectivity index (χ1) is 21.5. The van der Waals surface area contributed by atoms with Crippen LogP contribution in [-0.2, 0) is 14.6 Å². The molecule has 46 heavy (non-hydrogen) atoms. The Hall–Kier alpha value is -1.75. The number of ether oxygens (including phenoxy) is 1. The first-order valence-corrected chi connectivity index (χ1v) is 18.9. The molecule has 4 aliphatic rings. The molecule has 4 fully saturated rings. The number of aliphatic hydroxyl groups is 1. The van der Waals surface area contributed by atoms with E-state index in [2.05, 4.69) is 26.0 Å². The Morgan fingerprint density at radius 1 is 0.913 bits per heavy atom. The van der Waals surface area contributed by atoms with Gasteiger partial charge in [0.2, 0.25) is 0 Å². The van der Waals surface area contributed by atoms with Crippen LogP contribution in [0.3, 0.4) is 0 Å². The van der Waals surface area contributed by atoms with Gasteiger partial charge in [-0.05, 0) is 122 Å². The summed E-state index contributed by atoms with van der Waals surface area (Å²) in [6.45, 7) is 5.08. The number of sulfone groups is 1. The molecule has 1 aromatic carbocycles. The van der Waals surface area contributed by atoms with E-state index in [0.29, 0.717) is 67.5 Å². The van der Waals surface area contributed by atoms with Crippen molar-refractivity contribution >= 4 is 15.6 Å². The van der Waals surface area contributed by atoms with Crippen LogP contribution in [0.2, 0.25) is 0 Å². The molecule has 0 heterocycles. The predicted molar refractivity (Wildman–Crippen MR) is 166 cm³/mol. The predicted octanol–water partition coefficient (Wildman–Crippen LogP) is 8.29. The van der Waals surface area contributed by atoms with Crippen molar-refractivity contribution in [1.29, 1.82) is 0 Å². The molecule has 0 saturated heterocycles. The number of carbonyl (C=O) groups excluding carboxylic acids is 1. The van der Waals surface area contributed by atoms with Crippen LogP contribution < -0.4 is 4.74 Å². The Morgan fingerprint density at radius 2 is 1.61 bits per heavy atom. The number of halogens is 5. The number of ketones is 1. The molecule has 0 radical (unpaired) electrons. The van der Waals surface area contributed by atoms with Gasteiger partial charge in [0.25, 0.3) is 0 Å². The summed E-state index contributed by atoms with van der Waals surface area (Å²) in [5.74, 6) is -2.52. The van der Waals surface area contributed by atoms with Gasteiger partial charge in [0.05, 0.1) is 24.2 Å². The van der Waals surface area contributed by atoms with Crippen molar-refractivity contribution in [2.24, 2.45) is 34.5 Å². The van der Waals surface area contributed by atoms with Gasteiger partial charge in [0, 0.05) is 19.3 Å². The van der Waals surface area contributed by atoms with Gasteiger partial charge < -0.3 is 9.84 Å². The fourth-order valence-electron chi connectivity index (χ4n) is 9.89. The molecular formula is C35H49F5O5S. The minimum Gasteiger partial charge on any atom is -0.494 e. The maximum Gasteiger partial charge on any atom is 0.453 e. The number of carbonyl (C=O) groups is 1. The number of Topliss-reactive ketones (excluding diaryl/α,β-unsaturated/α-hetero) is 1. The second kappa shape index (κ2) is 13.3. The van der Waals surface area contributed by atoms with Crippen LogP contribution in [-0.4, -0.2) is 55.6 Å². The summed E-state index contributed by atoms with van der Waals surface area (Å²) in [6.07, 6.45) is 0.506. The molecule has 8 atom stereocenters. The second-order valence-electron chi connectivity index (χ2n) is 15.2. The Kier molecular flexibility index (Phi) is 10.3. The average molecular weight is 677 g/mol. The number of aliphatic hydroxyl groups excluding tert-OH is 1. The van der Waals surface area contributed by atoms with Gasteiger partial charge in [0.15, 0.2) is 0 Å². The molecule has 11 heteroatoms. The third-order valence-corrected chi connectivity index (χ3v) is 14.2. The maximum atomic E-state index is 13.0. The molecule has 1 N–H and O–H groups in total. The lowest BCUT2D eigenvalue weighted by atomic mass is 9.42. The van der Waals surface area contributed by atoms with Crippen molar-refractivity contribution in [2.45, 2.75) is 121 Å². The van der Waals surface area contributed by atoms with Crippen LogP contribution >= 0.6 is 0 Å². The van der Waals surface area contributed by atoms with Crippen molar-refractivity contribution in [3.05, 3.63) is 29.8 Å². The third kappa shape index (κ3) is 7.15. The van der Waals surface area contributed by atoms with Crippen LogP contribution in [0, 0.1) is 34.5 Å². The largest absolute Gasteiger partial charge is 0.494 e. The lowest BCUT2D eigenvalue weighted by molar-refractivity contribution is -0.284. The Balaban J connectivity index is 1.14. The van der Waals surface area contributed by atoms with Gasteiger partial charge in [-0.25, -0.2) is 8.42 Å². The lowest BCUT2D eigenvalue weighted by Crippen LogP contribution is -2.56. The number of hydrogen-bond donors (Lipinski definition) is 1. The topological polar surface area (TPSA) is 80.7 Å². The highest BCUT2D eigenvalue weighted by atomic mass is 32.2. The zero-order valence-electron chi connectivity index (χ0n) is 27.0. The number of benzene rings is 1. The highest BCUT2D eigenvalue weighted by molar-refractivity contribution is 7.91. The number of hydrogen-bond acceptors (Lipinski definition) is 5. The van der Waals surface area contributed by atoms with E-state index < -0.39 is 40.5 Å². The van der Waals surface area contributed by atoms with E-state index in [4.69, 9.17) is 4.74 Å². The van der Waals surface area contributed by atoms with E-state index in [1.807, 2.05) is 12.1 Å². The number of fused-ring (bicyclic) bond motifs is 5. The number of alkyl halides is 5. The lowest BCUT2D eigenvalue weighted by Gasteiger charge is -2.62. The molecular weight excluding hydrogens is 627 g/mol. The van der Waals surface area contributed by atoms with E-state index in [1.54, 1.807) is 0 Å². The second-order valence-corrected chi connectivity index (χ2v) is 17.5. The summed E-state index contributed by atoms with van der Waals surface area (Å²) < 4.78 is 93.0. The molecule has 0 aliphatic heterocycles. The van der Waals surface area contributed by atoms with Gasteiger partial charge in [-0.2, -0.15) is 22.0 Å². The highest BCUT2D eigenvalue weighted by Crippen LogP contribution is 2.69. The van der Waals surface area contributed by atoms with Crippen LogP contribution in [0.25, 0.3) is 0 Å². The standard InChI is InChI=1S/C35H49F5O5S/c1-32-17-15-25(41)21-24(32)9-12-27-29-13-14-30(42)33(29,2)22-28(31(27)32)23-7-10-26(11-8-23)45-18-4-3-5-19-46(43,44)20-6-16-34(36,37)35(38,39)40/h7-8,10-11,24,27-31,42H,3-6,9,12-22H2,1-2H3/t24-,27-,28+,29-,30-,31+,32-,33-/m0/s1. The van der Waals surface area contributed by atoms with Gasteiger partial charge >= 0.3 is 12.1 Å². The van der Waals surface area contributed by atoms with Crippen molar-refractivity contribution in [3.63, 3.8) is 0 Å². The molecule has 0 amide bonds. The van der Waals surface area contributed by atoms with Crippen LogP contribution in [0.1, 0.15) is 109 Å². The van der Waals surface area contributed by atoms with E-state index in [0.717, 1.165) is 38.5 Å². The van der Waals surface area contributed by atoms with E-state index in [1.165, 1.54) is 5.56 Å². The zero-order valence-corrected chi connectivity index (χ0v) is 27.8. The quantitative estimate of drug-likeness (QED) is 0.178. The average Bonchev–Trinajstić information content (AvgIpc) is 3.28. The summed E-state index contributed by atoms with van der Waals surface area (Å²) in [4.78, 5) is 12.4. The van der Waals surface area contributed by atoms with Crippen molar-refractivity contribution < 1.29 is 45.0 Å². The van der Waals surface area contributed by atoms with E-state index >= 15 is 0 Å². The van der Waals surface area contributed by atoms with Gasteiger partial charge in [-0.15, -0.1) is 0 Å². The Labute approximate surface area is 270 Å². The summed E-state index contributed by atoms with van der Waals surface area (Å²) in [5.41, 5.74) is 1.24. The molecule has 1 aromatic rings. The minimum atomic E-state index is -5.67. The van der Waals surface area contributed by atoms with Crippen molar-refractivity contribution in [1.82, 2.24) is 0 Å². The summed E-state index contributed by atoms with van der Waals surface area (Å²) in [6, 6.07) is 8.21. The third-order valence-electron chi connectivity index (χ3n) is 12.4. The van der Waals surface area contributed by atoms with Crippen LogP contribution in [0.5, 0.6) is 5.75 Å². The molecule has 4 saturated carbocycles. The smallest absolute Gasteiger partial charge is 0.453 e. The van der Waals surface area contributed by atoms with Crippen LogP contribution in [0.4, 0.5) is 22.0 Å². The van der Waals surface area contributed by atoms with E-state index in [9.17, 15) is 40.3 Å². The first-order valence-electron chi connectivity index (χ1n) is 17.0. The molecule has 0 spiro atoms. The van der Waals surface area contributed by atoms with E-state index in [-0.39, 0.29) is 35.0 Å².